The zero-order chi connectivity index (χ0) is 11.9. The summed E-state index contributed by atoms with van der Waals surface area (Å²) >= 11 is 0. The molecule has 0 saturated heterocycles. The maximum Gasteiger partial charge on any atom is 0.310 e. The Labute approximate surface area is 93.5 Å². The first-order valence-corrected chi connectivity index (χ1v) is 5.18. The Hall–Kier alpha value is -1.84. The molecule has 0 radical (unpaired) electrons. The van der Waals surface area contributed by atoms with Gasteiger partial charge in [-0.3, -0.25) is 4.79 Å². The van der Waals surface area contributed by atoms with Gasteiger partial charge < -0.3 is 9.51 Å². The predicted octanol–water partition coefficient (Wildman–Crippen LogP) is 2.14. The molecule has 0 saturated carbocycles. The molecule has 1 unspecified atom stereocenters. The van der Waals surface area contributed by atoms with E-state index < -0.39 is 11.9 Å². The third-order valence-electron chi connectivity index (χ3n) is 2.89. The lowest BCUT2D eigenvalue weighted by Gasteiger charge is -2.07. The molecule has 0 amide bonds. The van der Waals surface area contributed by atoms with Crippen LogP contribution in [0.5, 0.6) is 0 Å². The van der Waals surface area contributed by atoms with Crippen LogP contribution in [0.25, 0.3) is 5.52 Å². The maximum absolute atomic E-state index is 10.9. The van der Waals surface area contributed by atoms with Gasteiger partial charge in [0.05, 0.1) is 17.1 Å². The van der Waals surface area contributed by atoms with E-state index in [1.165, 1.54) is 0 Å². The molecule has 0 aromatic carbocycles. The number of carboxylic acid groups (broad SMARTS) is 1. The standard InChI is InChI=1S/C12H14N2O2/c1-7(12(15)16)10-4-5-11-8(2)13-9(3)14(11)6-10/h4-7H,1-3H3,(H,15,16). The number of pyridine rings is 1. The summed E-state index contributed by atoms with van der Waals surface area (Å²) in [5.41, 5.74) is 2.78. The molecule has 4 heteroatoms. The van der Waals surface area contributed by atoms with Gasteiger partial charge in [-0.05, 0) is 32.4 Å². The van der Waals surface area contributed by atoms with Crippen molar-refractivity contribution in [1.29, 1.82) is 0 Å². The molecule has 16 heavy (non-hydrogen) atoms. The van der Waals surface area contributed by atoms with Crippen molar-refractivity contribution in [2.24, 2.45) is 0 Å². The maximum atomic E-state index is 10.9. The molecule has 4 nitrogen and oxygen atoms in total. The highest BCUT2D eigenvalue weighted by Gasteiger charge is 2.15. The smallest absolute Gasteiger partial charge is 0.310 e. The van der Waals surface area contributed by atoms with Crippen molar-refractivity contribution in [3.63, 3.8) is 0 Å². The summed E-state index contributed by atoms with van der Waals surface area (Å²) in [5, 5.41) is 8.96. The normalized spacial score (nSPS) is 12.9. The minimum atomic E-state index is -0.811. The average molecular weight is 218 g/mol. The number of hydrogen-bond donors (Lipinski definition) is 1. The number of nitrogens with zero attached hydrogens (tertiary/aromatic N) is 2. The molecular weight excluding hydrogens is 204 g/mol. The Balaban J connectivity index is 2.60. The topological polar surface area (TPSA) is 54.6 Å². The molecule has 1 atom stereocenters. The predicted molar refractivity (Wildman–Crippen MR) is 60.7 cm³/mol. The lowest BCUT2D eigenvalue weighted by Crippen LogP contribution is -2.08. The van der Waals surface area contributed by atoms with Gasteiger partial charge in [0.1, 0.15) is 5.82 Å². The summed E-state index contributed by atoms with van der Waals surface area (Å²) in [5.74, 6) is -0.424. The van der Waals surface area contributed by atoms with Crippen molar-refractivity contribution in [3.8, 4) is 0 Å². The van der Waals surface area contributed by atoms with Gasteiger partial charge in [-0.25, -0.2) is 4.98 Å². The van der Waals surface area contributed by atoms with Crippen molar-refractivity contribution in [2.45, 2.75) is 26.7 Å². The van der Waals surface area contributed by atoms with Gasteiger partial charge in [-0.2, -0.15) is 0 Å². The Morgan fingerprint density at radius 2 is 2.12 bits per heavy atom. The van der Waals surface area contributed by atoms with Gasteiger partial charge in [0, 0.05) is 6.20 Å². The van der Waals surface area contributed by atoms with Crippen LogP contribution in [0, 0.1) is 13.8 Å². The number of aromatic nitrogens is 2. The Morgan fingerprint density at radius 1 is 1.44 bits per heavy atom. The van der Waals surface area contributed by atoms with Crippen molar-refractivity contribution < 1.29 is 9.90 Å². The van der Waals surface area contributed by atoms with Gasteiger partial charge in [-0.15, -0.1) is 0 Å². The van der Waals surface area contributed by atoms with E-state index in [-0.39, 0.29) is 0 Å². The van der Waals surface area contributed by atoms with E-state index >= 15 is 0 Å². The van der Waals surface area contributed by atoms with Crippen LogP contribution in [0.3, 0.4) is 0 Å². The summed E-state index contributed by atoms with van der Waals surface area (Å²) in [4.78, 5) is 15.3. The molecule has 0 aliphatic heterocycles. The van der Waals surface area contributed by atoms with Gasteiger partial charge in [-0.1, -0.05) is 6.07 Å². The SMILES string of the molecule is Cc1nc(C)n2cc(C(C)C(=O)O)ccc12. The molecule has 1 N–H and O–H groups in total. The van der Waals surface area contributed by atoms with Crippen molar-refractivity contribution in [2.75, 3.05) is 0 Å². The van der Waals surface area contributed by atoms with E-state index in [1.54, 1.807) is 6.92 Å². The summed E-state index contributed by atoms with van der Waals surface area (Å²) in [6, 6.07) is 3.77. The highest BCUT2D eigenvalue weighted by atomic mass is 16.4. The molecule has 0 bridgehead atoms. The Bertz CT molecular complexity index is 557. The quantitative estimate of drug-likeness (QED) is 0.840. The van der Waals surface area contributed by atoms with E-state index in [2.05, 4.69) is 4.98 Å². The van der Waals surface area contributed by atoms with Crippen molar-refractivity contribution >= 4 is 11.5 Å². The highest BCUT2D eigenvalue weighted by Crippen LogP contribution is 2.19. The van der Waals surface area contributed by atoms with Gasteiger partial charge >= 0.3 is 5.97 Å². The fourth-order valence-corrected chi connectivity index (χ4v) is 1.83. The first-order valence-electron chi connectivity index (χ1n) is 5.18. The first kappa shape index (κ1) is 10.7. The number of aliphatic carboxylic acids is 1. The molecule has 84 valence electrons. The lowest BCUT2D eigenvalue weighted by atomic mass is 10.0. The zero-order valence-corrected chi connectivity index (χ0v) is 9.56. The molecule has 0 aliphatic carbocycles. The number of aryl methyl sites for hydroxylation is 2. The Kier molecular flexibility index (Phi) is 2.42. The van der Waals surface area contributed by atoms with Crippen LogP contribution < -0.4 is 0 Å². The second kappa shape index (κ2) is 3.63. The average Bonchev–Trinajstić information content (AvgIpc) is 2.53. The summed E-state index contributed by atoms with van der Waals surface area (Å²) in [7, 11) is 0. The minimum Gasteiger partial charge on any atom is -0.481 e. The molecule has 2 heterocycles. The van der Waals surface area contributed by atoms with Crippen LogP contribution >= 0.6 is 0 Å². The second-order valence-corrected chi connectivity index (χ2v) is 4.02. The number of imidazole rings is 1. The molecule has 0 fully saturated rings. The number of hydrogen-bond acceptors (Lipinski definition) is 2. The molecular formula is C12H14N2O2. The third-order valence-corrected chi connectivity index (χ3v) is 2.89. The van der Waals surface area contributed by atoms with Crippen LogP contribution in [0.4, 0.5) is 0 Å². The number of carboxylic acids is 1. The Morgan fingerprint density at radius 3 is 2.75 bits per heavy atom. The molecule has 2 aromatic rings. The third kappa shape index (κ3) is 1.56. The van der Waals surface area contributed by atoms with E-state index in [1.807, 2.05) is 36.6 Å². The van der Waals surface area contributed by atoms with Gasteiger partial charge in [0.2, 0.25) is 0 Å². The van der Waals surface area contributed by atoms with Crippen LogP contribution in [0.1, 0.15) is 29.9 Å². The van der Waals surface area contributed by atoms with Gasteiger partial charge in [0.25, 0.3) is 0 Å². The monoisotopic (exact) mass is 218 g/mol. The summed E-state index contributed by atoms with van der Waals surface area (Å²) in [6.07, 6.45) is 1.85. The van der Waals surface area contributed by atoms with Crippen LogP contribution in [0.15, 0.2) is 18.3 Å². The number of carbonyl (C=O) groups is 1. The fraction of sp³-hybridized carbons (Fsp3) is 0.333. The summed E-state index contributed by atoms with van der Waals surface area (Å²) < 4.78 is 1.93. The van der Waals surface area contributed by atoms with E-state index in [4.69, 9.17) is 5.11 Å². The molecule has 0 spiro atoms. The van der Waals surface area contributed by atoms with E-state index in [9.17, 15) is 4.79 Å². The first-order chi connectivity index (χ1) is 7.50. The van der Waals surface area contributed by atoms with Crippen LogP contribution in [-0.2, 0) is 4.79 Å². The van der Waals surface area contributed by atoms with E-state index in [0.29, 0.717) is 0 Å². The lowest BCUT2D eigenvalue weighted by molar-refractivity contribution is -0.138. The highest BCUT2D eigenvalue weighted by molar-refractivity contribution is 5.75. The largest absolute Gasteiger partial charge is 0.481 e. The summed E-state index contributed by atoms with van der Waals surface area (Å²) in [6.45, 7) is 5.54. The van der Waals surface area contributed by atoms with Crippen LogP contribution in [-0.4, -0.2) is 20.5 Å². The molecule has 2 aromatic heterocycles. The number of rotatable bonds is 2. The molecule has 0 aliphatic rings. The zero-order valence-electron chi connectivity index (χ0n) is 9.56. The van der Waals surface area contributed by atoms with E-state index in [0.717, 1.165) is 22.6 Å². The van der Waals surface area contributed by atoms with Crippen molar-refractivity contribution in [1.82, 2.24) is 9.38 Å². The number of fused-ring (bicyclic) bond motifs is 1. The van der Waals surface area contributed by atoms with Crippen molar-refractivity contribution in [3.05, 3.63) is 35.4 Å². The fourth-order valence-electron chi connectivity index (χ4n) is 1.83. The second-order valence-electron chi connectivity index (χ2n) is 4.02. The van der Waals surface area contributed by atoms with Crippen LogP contribution in [0.2, 0.25) is 0 Å². The van der Waals surface area contributed by atoms with Gasteiger partial charge in [0.15, 0.2) is 0 Å². The molecule has 2 rings (SSSR count). The minimum absolute atomic E-state index is 0.494.